The van der Waals surface area contributed by atoms with Gasteiger partial charge >= 0.3 is 0 Å². The standard InChI is InChI=1S/C28H33N3O6S/c1-4-37-20-11-7-17(8-12-20)29-25(33)22-21-15-16(2)28(38-21)23(22)27(35)31(13-14-32)24(28)26(34)30-18-5-9-19(36-3)10-6-18/h5-12,16,21-24,32H,4,13-15H2,1-3H3,(H,29,33)(H,30,34)/t16?,21-,22+,23+,24?,28?/m1/s1. The second-order valence-electron chi connectivity index (χ2n) is 9.97. The van der Waals surface area contributed by atoms with Crippen LogP contribution < -0.4 is 20.1 Å². The number of benzene rings is 2. The fourth-order valence-electron chi connectivity index (χ4n) is 6.38. The zero-order valence-corrected chi connectivity index (χ0v) is 22.5. The van der Waals surface area contributed by atoms with E-state index in [1.807, 2.05) is 6.92 Å². The highest BCUT2D eigenvalue weighted by Crippen LogP contribution is 2.68. The number of aliphatic hydroxyl groups excluding tert-OH is 1. The second-order valence-corrected chi connectivity index (χ2v) is 11.5. The molecule has 0 aromatic heterocycles. The molecular weight excluding hydrogens is 506 g/mol. The molecule has 0 aliphatic carbocycles. The number of hydrogen-bond donors (Lipinski definition) is 3. The van der Waals surface area contributed by atoms with E-state index in [2.05, 4.69) is 17.6 Å². The Balaban J connectivity index is 1.42. The SMILES string of the molecule is CCOc1ccc(NC(=O)[C@@H]2[C@H]3C(=O)N(CCO)C(C(=O)Nc4ccc(OC)cc4)C34S[C@@H]2CC4C)cc1. The lowest BCUT2D eigenvalue weighted by molar-refractivity contribution is -0.138. The number of carbonyl (C=O) groups excluding carboxylic acids is 3. The van der Waals surface area contributed by atoms with Crippen LogP contribution in [0.4, 0.5) is 11.4 Å². The molecule has 1 spiro atoms. The molecule has 2 aromatic carbocycles. The van der Waals surface area contributed by atoms with Crippen molar-refractivity contribution in [2.45, 2.75) is 36.3 Å². The van der Waals surface area contributed by atoms with E-state index < -0.39 is 22.6 Å². The van der Waals surface area contributed by atoms with Crippen molar-refractivity contribution in [3.05, 3.63) is 48.5 Å². The van der Waals surface area contributed by atoms with Crippen LogP contribution >= 0.6 is 11.8 Å². The summed E-state index contributed by atoms with van der Waals surface area (Å²) in [5.74, 6) is -0.591. The molecule has 38 heavy (non-hydrogen) atoms. The monoisotopic (exact) mass is 539 g/mol. The van der Waals surface area contributed by atoms with Gasteiger partial charge in [-0.05, 0) is 67.8 Å². The predicted molar refractivity (Wildman–Crippen MR) is 145 cm³/mol. The van der Waals surface area contributed by atoms with Crippen LogP contribution in [0.25, 0.3) is 0 Å². The van der Waals surface area contributed by atoms with Crippen LogP contribution in [0.3, 0.4) is 0 Å². The molecule has 5 rings (SSSR count). The number of amides is 3. The van der Waals surface area contributed by atoms with E-state index in [4.69, 9.17) is 9.47 Å². The third-order valence-corrected chi connectivity index (χ3v) is 10.0. The van der Waals surface area contributed by atoms with Gasteiger partial charge in [0.25, 0.3) is 0 Å². The Morgan fingerprint density at radius 2 is 1.66 bits per heavy atom. The highest BCUT2D eigenvalue weighted by atomic mass is 32.2. The van der Waals surface area contributed by atoms with Crippen molar-refractivity contribution in [1.82, 2.24) is 4.90 Å². The van der Waals surface area contributed by atoms with Crippen molar-refractivity contribution in [2.24, 2.45) is 17.8 Å². The van der Waals surface area contributed by atoms with Gasteiger partial charge in [0, 0.05) is 23.2 Å². The van der Waals surface area contributed by atoms with Crippen molar-refractivity contribution in [1.29, 1.82) is 0 Å². The molecule has 2 bridgehead atoms. The van der Waals surface area contributed by atoms with E-state index in [9.17, 15) is 19.5 Å². The number of hydrogen-bond acceptors (Lipinski definition) is 7. The minimum atomic E-state index is -0.803. The first-order valence-corrected chi connectivity index (χ1v) is 13.8. The Kier molecular flexibility index (Phi) is 7.28. The maximum Gasteiger partial charge on any atom is 0.248 e. The van der Waals surface area contributed by atoms with Crippen molar-refractivity contribution in [3.8, 4) is 11.5 Å². The number of anilines is 2. The number of methoxy groups -OCH3 is 1. The third-order valence-electron chi connectivity index (χ3n) is 7.93. The summed E-state index contributed by atoms with van der Waals surface area (Å²) < 4.78 is 9.92. The summed E-state index contributed by atoms with van der Waals surface area (Å²) in [6, 6.07) is 13.3. The number of likely N-dealkylation sites (tertiary alicyclic amines) is 1. The lowest BCUT2D eigenvalue weighted by Crippen LogP contribution is -2.55. The first-order chi connectivity index (χ1) is 18.3. The summed E-state index contributed by atoms with van der Waals surface area (Å²) in [6.07, 6.45) is 0.731. The van der Waals surface area contributed by atoms with Crippen LogP contribution in [-0.4, -0.2) is 70.6 Å². The molecule has 0 radical (unpaired) electrons. The quantitative estimate of drug-likeness (QED) is 0.449. The molecule has 10 heteroatoms. The maximum absolute atomic E-state index is 13.9. The minimum absolute atomic E-state index is 0.0307. The number of thioether (sulfide) groups is 1. The number of carbonyl (C=O) groups is 3. The maximum atomic E-state index is 13.9. The van der Waals surface area contributed by atoms with Crippen molar-refractivity contribution in [3.63, 3.8) is 0 Å². The van der Waals surface area contributed by atoms with Gasteiger partial charge < -0.3 is 30.1 Å². The largest absolute Gasteiger partial charge is 0.497 e. The molecule has 3 heterocycles. The van der Waals surface area contributed by atoms with Crippen molar-refractivity contribution in [2.75, 3.05) is 37.5 Å². The van der Waals surface area contributed by atoms with Gasteiger partial charge in [0.15, 0.2) is 0 Å². The molecule has 3 amide bonds. The molecule has 2 aromatic rings. The highest BCUT2D eigenvalue weighted by molar-refractivity contribution is 8.02. The third kappa shape index (κ3) is 4.29. The zero-order chi connectivity index (χ0) is 27.0. The molecule has 0 saturated carbocycles. The van der Waals surface area contributed by atoms with Crippen LogP contribution in [-0.2, 0) is 14.4 Å². The lowest BCUT2D eigenvalue weighted by atomic mass is 9.66. The van der Waals surface area contributed by atoms with E-state index in [0.717, 1.165) is 6.42 Å². The number of nitrogens with one attached hydrogen (secondary N) is 2. The molecule has 3 N–H and O–H groups in total. The van der Waals surface area contributed by atoms with Gasteiger partial charge in [0.2, 0.25) is 17.7 Å². The van der Waals surface area contributed by atoms with Gasteiger partial charge in [-0.2, -0.15) is 0 Å². The molecular formula is C28H33N3O6S. The molecule has 6 atom stereocenters. The Hall–Kier alpha value is -3.24. The molecule has 3 unspecified atom stereocenters. The van der Waals surface area contributed by atoms with Gasteiger partial charge in [-0.3, -0.25) is 14.4 Å². The molecule has 3 fully saturated rings. The summed E-state index contributed by atoms with van der Waals surface area (Å²) >= 11 is 1.59. The van der Waals surface area contributed by atoms with E-state index in [-0.39, 0.29) is 42.0 Å². The number of aliphatic hydroxyl groups is 1. The summed E-state index contributed by atoms with van der Waals surface area (Å²) in [6.45, 7) is 4.27. The number of β-amino-alcohol motifs (C(OH)–C–C–N with tert-alkyl or cyclic N) is 1. The van der Waals surface area contributed by atoms with Crippen LogP contribution in [0.1, 0.15) is 20.3 Å². The minimum Gasteiger partial charge on any atom is -0.497 e. The fourth-order valence-corrected chi connectivity index (χ4v) is 8.80. The van der Waals surface area contributed by atoms with Crippen molar-refractivity contribution < 1.29 is 29.0 Å². The average molecular weight is 540 g/mol. The van der Waals surface area contributed by atoms with E-state index in [0.29, 0.717) is 29.5 Å². The molecule has 202 valence electrons. The highest BCUT2D eigenvalue weighted by Gasteiger charge is 2.75. The summed E-state index contributed by atoms with van der Waals surface area (Å²) in [5, 5.41) is 15.7. The van der Waals surface area contributed by atoms with Crippen LogP contribution in [0.15, 0.2) is 48.5 Å². The van der Waals surface area contributed by atoms with Gasteiger partial charge in [-0.15, -0.1) is 11.8 Å². The summed E-state index contributed by atoms with van der Waals surface area (Å²) in [4.78, 5) is 42.7. The molecule has 9 nitrogen and oxygen atoms in total. The predicted octanol–water partition coefficient (Wildman–Crippen LogP) is 3.00. The smallest absolute Gasteiger partial charge is 0.248 e. The summed E-state index contributed by atoms with van der Waals surface area (Å²) in [7, 11) is 1.57. The van der Waals surface area contributed by atoms with Crippen molar-refractivity contribution >= 4 is 40.9 Å². The zero-order valence-electron chi connectivity index (χ0n) is 21.7. The van der Waals surface area contributed by atoms with Crippen LogP contribution in [0.5, 0.6) is 11.5 Å². The van der Waals surface area contributed by atoms with E-state index in [1.165, 1.54) is 4.90 Å². The lowest BCUT2D eigenvalue weighted by Gasteiger charge is -2.38. The van der Waals surface area contributed by atoms with E-state index >= 15 is 0 Å². The number of fused-ring (bicyclic) bond motifs is 1. The van der Waals surface area contributed by atoms with Crippen LogP contribution in [0.2, 0.25) is 0 Å². The van der Waals surface area contributed by atoms with Gasteiger partial charge in [-0.25, -0.2) is 0 Å². The molecule has 3 aliphatic rings. The first-order valence-electron chi connectivity index (χ1n) is 12.9. The van der Waals surface area contributed by atoms with E-state index in [1.54, 1.807) is 67.4 Å². The number of rotatable bonds is 9. The van der Waals surface area contributed by atoms with Gasteiger partial charge in [-0.1, -0.05) is 6.92 Å². The average Bonchev–Trinajstić information content (AvgIpc) is 3.50. The Morgan fingerprint density at radius 3 is 2.24 bits per heavy atom. The second kappa shape index (κ2) is 10.5. The summed E-state index contributed by atoms with van der Waals surface area (Å²) in [5.41, 5.74) is 1.21. The molecule has 3 aliphatic heterocycles. The topological polar surface area (TPSA) is 117 Å². The fraction of sp³-hybridized carbons (Fsp3) is 0.464. The first kappa shape index (κ1) is 26.4. The Morgan fingerprint density at radius 1 is 1.05 bits per heavy atom. The Bertz CT molecular complexity index is 1210. The molecule has 3 saturated heterocycles. The van der Waals surface area contributed by atoms with Gasteiger partial charge in [0.05, 0.1) is 36.9 Å². The number of nitrogens with zero attached hydrogens (tertiary/aromatic N) is 1. The number of ether oxygens (including phenoxy) is 2. The Labute approximate surface area is 226 Å². The normalized spacial score (nSPS) is 29.2. The van der Waals surface area contributed by atoms with Gasteiger partial charge in [0.1, 0.15) is 17.5 Å². The van der Waals surface area contributed by atoms with Crippen LogP contribution in [0, 0.1) is 17.8 Å².